The van der Waals surface area contributed by atoms with Crippen molar-refractivity contribution in [3.05, 3.63) is 30.1 Å². The van der Waals surface area contributed by atoms with E-state index in [0.717, 1.165) is 6.42 Å². The number of anilines is 1. The number of hydrogen-bond acceptors (Lipinski definition) is 4. The van der Waals surface area contributed by atoms with E-state index in [1.807, 2.05) is 0 Å². The summed E-state index contributed by atoms with van der Waals surface area (Å²) in [6.07, 6.45) is 1.01. The lowest BCUT2D eigenvalue weighted by Gasteiger charge is -2.07. The number of carbonyl (C=O) groups is 2. The molecule has 2 amide bonds. The summed E-state index contributed by atoms with van der Waals surface area (Å²) in [5.74, 6) is -0.296. The Hall–Kier alpha value is -1.89. The quantitative estimate of drug-likeness (QED) is 0.838. The summed E-state index contributed by atoms with van der Waals surface area (Å²) in [5.41, 5.74) is 0.505. The third-order valence-electron chi connectivity index (χ3n) is 3.24. The van der Waals surface area contributed by atoms with Gasteiger partial charge in [0, 0.05) is 18.7 Å². The van der Waals surface area contributed by atoms with E-state index in [2.05, 4.69) is 29.5 Å². The molecule has 124 valence electrons. The van der Waals surface area contributed by atoms with E-state index in [9.17, 15) is 14.0 Å². The molecule has 0 spiro atoms. The number of hydrogen-bond donors (Lipinski definition) is 2. The zero-order valence-corrected chi connectivity index (χ0v) is 14.0. The Bertz CT molecular complexity index is 602. The molecule has 1 atom stereocenters. The normalized spacial score (nSPS) is 19.2. The first-order valence-corrected chi connectivity index (χ1v) is 8.39. The van der Waals surface area contributed by atoms with Gasteiger partial charge in [-0.25, -0.2) is 4.39 Å². The lowest BCUT2D eigenvalue weighted by atomic mass is 10.1. The summed E-state index contributed by atoms with van der Waals surface area (Å²) in [7, 11) is 0. The van der Waals surface area contributed by atoms with Crippen molar-refractivity contribution in [1.82, 2.24) is 5.32 Å². The first-order chi connectivity index (χ1) is 10.9. The molecule has 1 aliphatic heterocycles. The van der Waals surface area contributed by atoms with Crippen LogP contribution in [0.3, 0.4) is 0 Å². The second-order valence-corrected chi connectivity index (χ2v) is 6.92. The molecule has 0 aromatic heterocycles. The smallest absolute Gasteiger partial charge is 0.240 e. The van der Waals surface area contributed by atoms with Gasteiger partial charge in [-0.15, -0.1) is 0 Å². The predicted molar refractivity (Wildman–Crippen MR) is 90.9 cm³/mol. The van der Waals surface area contributed by atoms with Crippen LogP contribution in [0, 0.1) is 11.7 Å². The van der Waals surface area contributed by atoms with Gasteiger partial charge in [-0.1, -0.05) is 25.6 Å². The lowest BCUT2D eigenvalue weighted by Crippen LogP contribution is -2.28. The van der Waals surface area contributed by atoms with E-state index in [1.54, 1.807) is 0 Å². The van der Waals surface area contributed by atoms with E-state index >= 15 is 0 Å². The summed E-state index contributed by atoms with van der Waals surface area (Å²) in [5, 5.41) is 5.45. The van der Waals surface area contributed by atoms with Crippen LogP contribution in [0.15, 0.2) is 29.3 Å². The van der Waals surface area contributed by atoms with Gasteiger partial charge in [0.05, 0.1) is 0 Å². The first kappa shape index (κ1) is 17.5. The maximum absolute atomic E-state index is 12.8. The van der Waals surface area contributed by atoms with Gasteiger partial charge in [-0.2, -0.15) is 0 Å². The number of thioether (sulfide) groups is 1. The van der Waals surface area contributed by atoms with Gasteiger partial charge in [-0.05, 0) is 36.6 Å². The van der Waals surface area contributed by atoms with Crippen LogP contribution in [0.2, 0.25) is 0 Å². The summed E-state index contributed by atoms with van der Waals surface area (Å²) < 4.78 is 12.8. The number of aliphatic imine (C=N–C) groups is 1. The van der Waals surface area contributed by atoms with Crippen LogP contribution in [0.1, 0.15) is 26.7 Å². The number of amides is 2. The summed E-state index contributed by atoms with van der Waals surface area (Å²) in [6.45, 7) is 4.89. The largest absolute Gasteiger partial charge is 0.326 e. The van der Waals surface area contributed by atoms with Crippen molar-refractivity contribution in [2.24, 2.45) is 10.9 Å². The summed E-state index contributed by atoms with van der Waals surface area (Å²) >= 11 is 1.28. The Balaban J connectivity index is 1.84. The molecule has 2 N–H and O–H groups in total. The number of benzene rings is 1. The number of carbonyl (C=O) groups excluding carboxylic acids is 2. The van der Waals surface area contributed by atoms with Gasteiger partial charge in [0.2, 0.25) is 11.8 Å². The highest BCUT2D eigenvalue weighted by Gasteiger charge is 2.31. The minimum absolute atomic E-state index is 0.0527. The van der Waals surface area contributed by atoms with Crippen LogP contribution in [-0.2, 0) is 9.59 Å². The molecular formula is C16H20FN3O2S. The van der Waals surface area contributed by atoms with Gasteiger partial charge in [-0.3, -0.25) is 14.6 Å². The average Bonchev–Trinajstić information content (AvgIpc) is 2.81. The second kappa shape index (κ2) is 8.10. The number of nitrogens with zero attached hydrogens (tertiary/aromatic N) is 1. The third kappa shape index (κ3) is 5.67. The second-order valence-electron chi connectivity index (χ2n) is 5.72. The zero-order chi connectivity index (χ0) is 16.8. The highest BCUT2D eigenvalue weighted by atomic mass is 32.2. The molecular weight excluding hydrogens is 317 g/mol. The predicted octanol–water partition coefficient (Wildman–Crippen LogP) is 2.79. The van der Waals surface area contributed by atoms with Crippen molar-refractivity contribution >= 4 is 34.4 Å². The molecule has 0 unspecified atom stereocenters. The minimum Gasteiger partial charge on any atom is -0.326 e. The van der Waals surface area contributed by atoms with Gasteiger partial charge in [0.1, 0.15) is 11.1 Å². The lowest BCUT2D eigenvalue weighted by molar-refractivity contribution is -0.122. The van der Waals surface area contributed by atoms with E-state index in [1.165, 1.54) is 36.0 Å². The van der Waals surface area contributed by atoms with E-state index in [4.69, 9.17) is 0 Å². The number of amidine groups is 1. The maximum atomic E-state index is 12.8. The number of nitrogens with one attached hydrogen (secondary N) is 2. The van der Waals surface area contributed by atoms with E-state index < -0.39 is 5.25 Å². The molecule has 23 heavy (non-hydrogen) atoms. The maximum Gasteiger partial charge on any atom is 0.240 e. The van der Waals surface area contributed by atoms with Crippen molar-refractivity contribution < 1.29 is 14.0 Å². The molecule has 1 aromatic carbocycles. The summed E-state index contributed by atoms with van der Waals surface area (Å²) in [4.78, 5) is 28.2. The van der Waals surface area contributed by atoms with Crippen LogP contribution in [0.5, 0.6) is 0 Å². The Morgan fingerprint density at radius 3 is 2.74 bits per heavy atom. The standard InChI is InChI=1S/C16H20FN3O2S/c1-10(2)7-8-18-16-20-15(22)13(23-16)9-14(21)19-12-5-3-11(17)4-6-12/h3-6,10,13H,7-9H2,1-2H3,(H,19,21)(H,18,20,22)/t13-/m1/s1. The Labute approximate surface area is 139 Å². The number of halogens is 1. The van der Waals surface area contributed by atoms with Crippen LogP contribution >= 0.6 is 11.8 Å². The van der Waals surface area contributed by atoms with Gasteiger partial charge >= 0.3 is 0 Å². The SMILES string of the molecule is CC(C)CCN=C1NC(=O)[C@@H](CC(=O)Nc2ccc(F)cc2)S1. The molecule has 0 saturated carbocycles. The molecule has 5 nitrogen and oxygen atoms in total. The fourth-order valence-corrected chi connectivity index (χ4v) is 2.95. The van der Waals surface area contributed by atoms with Gasteiger partial charge in [0.15, 0.2) is 5.17 Å². The van der Waals surface area contributed by atoms with Crippen molar-refractivity contribution in [2.75, 3.05) is 11.9 Å². The van der Waals surface area contributed by atoms with Crippen LogP contribution < -0.4 is 10.6 Å². The fourth-order valence-electron chi connectivity index (χ4n) is 1.95. The van der Waals surface area contributed by atoms with Gasteiger partial charge in [0.25, 0.3) is 0 Å². The fraction of sp³-hybridized carbons (Fsp3) is 0.438. The molecule has 1 saturated heterocycles. The first-order valence-electron chi connectivity index (χ1n) is 7.51. The molecule has 2 rings (SSSR count). The Morgan fingerprint density at radius 2 is 2.09 bits per heavy atom. The molecule has 1 aromatic rings. The van der Waals surface area contributed by atoms with E-state index in [0.29, 0.717) is 23.3 Å². The van der Waals surface area contributed by atoms with Crippen LogP contribution in [0.25, 0.3) is 0 Å². The van der Waals surface area contributed by atoms with Crippen LogP contribution in [-0.4, -0.2) is 28.8 Å². The van der Waals surface area contributed by atoms with Gasteiger partial charge < -0.3 is 10.6 Å². The van der Waals surface area contributed by atoms with Crippen LogP contribution in [0.4, 0.5) is 10.1 Å². The van der Waals surface area contributed by atoms with Crippen molar-refractivity contribution in [3.63, 3.8) is 0 Å². The highest BCUT2D eigenvalue weighted by molar-refractivity contribution is 8.15. The minimum atomic E-state index is -0.478. The third-order valence-corrected chi connectivity index (χ3v) is 4.36. The molecule has 1 aliphatic rings. The molecule has 0 bridgehead atoms. The average molecular weight is 337 g/mol. The topological polar surface area (TPSA) is 70.6 Å². The summed E-state index contributed by atoms with van der Waals surface area (Å²) in [6, 6.07) is 5.50. The Kier molecular flexibility index (Phi) is 6.15. The molecule has 7 heteroatoms. The zero-order valence-electron chi connectivity index (χ0n) is 13.1. The van der Waals surface area contributed by atoms with E-state index in [-0.39, 0.29) is 24.1 Å². The molecule has 0 aliphatic carbocycles. The Morgan fingerprint density at radius 1 is 1.39 bits per heavy atom. The highest BCUT2D eigenvalue weighted by Crippen LogP contribution is 2.23. The van der Waals surface area contributed by atoms with Crippen molar-refractivity contribution in [1.29, 1.82) is 0 Å². The van der Waals surface area contributed by atoms with Crippen molar-refractivity contribution in [2.45, 2.75) is 31.9 Å². The monoisotopic (exact) mass is 337 g/mol. The molecule has 1 heterocycles. The number of rotatable bonds is 6. The molecule has 0 radical (unpaired) electrons. The molecule has 1 fully saturated rings. The van der Waals surface area contributed by atoms with Crippen molar-refractivity contribution in [3.8, 4) is 0 Å².